The third-order valence-electron chi connectivity index (χ3n) is 2.07. The number of hydrogen-bond donors (Lipinski definition) is 0. The Morgan fingerprint density at radius 1 is 1.56 bits per heavy atom. The number of hydrogen-bond acceptors (Lipinski definition) is 3. The molecule has 0 heterocycles. The Kier molecular flexibility index (Phi) is 4.81. The van der Waals surface area contributed by atoms with Crippen molar-refractivity contribution in [3.05, 3.63) is 34.3 Å². The summed E-state index contributed by atoms with van der Waals surface area (Å²) >= 11 is 5.82. The molecule has 0 saturated carbocycles. The predicted molar refractivity (Wildman–Crippen MR) is 61.3 cm³/mol. The minimum atomic E-state index is -0.391. The second kappa shape index (κ2) is 6.14. The first-order chi connectivity index (χ1) is 7.69. The third-order valence-corrected chi connectivity index (χ3v) is 2.31. The van der Waals surface area contributed by atoms with Crippen LogP contribution in [0.15, 0.2) is 18.2 Å². The Morgan fingerprint density at radius 2 is 2.31 bits per heavy atom. The molecule has 1 rings (SSSR count). The highest BCUT2D eigenvalue weighted by Crippen LogP contribution is 2.18. The lowest BCUT2D eigenvalue weighted by Crippen LogP contribution is -2.08. The standard InChI is InChI=1S/C12H12ClNO2/c1-2-16-12(15)11-8-10(13)6-5-9(11)4-3-7-14/h5-6,8H,2-4H2,1H3. The van der Waals surface area contributed by atoms with Gasteiger partial charge in [-0.25, -0.2) is 4.79 Å². The van der Waals surface area contributed by atoms with Crippen molar-refractivity contribution in [3.8, 4) is 6.07 Å². The van der Waals surface area contributed by atoms with Crippen LogP contribution < -0.4 is 0 Å². The molecule has 84 valence electrons. The van der Waals surface area contributed by atoms with Gasteiger partial charge in [0.25, 0.3) is 0 Å². The minimum absolute atomic E-state index is 0.322. The summed E-state index contributed by atoms with van der Waals surface area (Å²) in [5.41, 5.74) is 1.24. The smallest absolute Gasteiger partial charge is 0.338 e. The van der Waals surface area contributed by atoms with E-state index in [1.165, 1.54) is 0 Å². The molecule has 3 nitrogen and oxygen atoms in total. The van der Waals surface area contributed by atoms with Crippen LogP contribution in [0.3, 0.4) is 0 Å². The number of ether oxygens (including phenoxy) is 1. The maximum atomic E-state index is 11.6. The topological polar surface area (TPSA) is 50.1 Å². The largest absolute Gasteiger partial charge is 0.462 e. The highest BCUT2D eigenvalue weighted by atomic mass is 35.5. The number of carbonyl (C=O) groups is 1. The van der Waals surface area contributed by atoms with Gasteiger partial charge < -0.3 is 4.74 Å². The lowest BCUT2D eigenvalue weighted by Gasteiger charge is -2.07. The average molecular weight is 238 g/mol. The van der Waals surface area contributed by atoms with Gasteiger partial charge in [-0.15, -0.1) is 0 Å². The number of carbonyl (C=O) groups excluding carboxylic acids is 1. The monoisotopic (exact) mass is 237 g/mol. The first-order valence-corrected chi connectivity index (χ1v) is 5.39. The molecule has 0 aromatic heterocycles. The second-order valence-electron chi connectivity index (χ2n) is 3.18. The number of halogens is 1. The van der Waals surface area contributed by atoms with E-state index in [1.54, 1.807) is 25.1 Å². The maximum Gasteiger partial charge on any atom is 0.338 e. The maximum absolute atomic E-state index is 11.6. The molecule has 1 aromatic rings. The van der Waals surface area contributed by atoms with Crippen LogP contribution >= 0.6 is 11.6 Å². The van der Waals surface area contributed by atoms with Crippen LogP contribution in [-0.2, 0) is 11.2 Å². The van der Waals surface area contributed by atoms with Crippen LogP contribution in [0.2, 0.25) is 5.02 Å². The van der Waals surface area contributed by atoms with Crippen LogP contribution in [0.4, 0.5) is 0 Å². The zero-order valence-electron chi connectivity index (χ0n) is 9.00. The van der Waals surface area contributed by atoms with Crippen molar-refractivity contribution in [2.75, 3.05) is 6.61 Å². The van der Waals surface area contributed by atoms with Crippen LogP contribution in [-0.4, -0.2) is 12.6 Å². The van der Waals surface area contributed by atoms with Crippen LogP contribution in [0.25, 0.3) is 0 Å². The number of nitriles is 1. The van der Waals surface area contributed by atoms with Gasteiger partial charge in [-0.2, -0.15) is 5.26 Å². The summed E-state index contributed by atoms with van der Waals surface area (Å²) < 4.78 is 4.92. The molecule has 0 aliphatic rings. The zero-order chi connectivity index (χ0) is 12.0. The van der Waals surface area contributed by atoms with Gasteiger partial charge in [-0.3, -0.25) is 0 Å². The summed E-state index contributed by atoms with van der Waals surface area (Å²) in [6.45, 7) is 2.07. The number of esters is 1. The van der Waals surface area contributed by atoms with Gasteiger partial charge in [-0.1, -0.05) is 17.7 Å². The van der Waals surface area contributed by atoms with Crippen molar-refractivity contribution in [1.29, 1.82) is 5.26 Å². The fourth-order valence-corrected chi connectivity index (χ4v) is 1.53. The first-order valence-electron chi connectivity index (χ1n) is 5.01. The fraction of sp³-hybridized carbons (Fsp3) is 0.333. The molecular weight excluding hydrogens is 226 g/mol. The van der Waals surface area contributed by atoms with Gasteiger partial charge in [-0.05, 0) is 31.0 Å². The molecule has 16 heavy (non-hydrogen) atoms. The summed E-state index contributed by atoms with van der Waals surface area (Å²) in [5.74, 6) is -0.391. The molecule has 0 aliphatic carbocycles. The van der Waals surface area contributed by atoms with E-state index in [2.05, 4.69) is 0 Å². The molecule has 0 spiro atoms. The SMILES string of the molecule is CCOC(=O)c1cc(Cl)ccc1CCC#N. The van der Waals surface area contributed by atoms with E-state index in [9.17, 15) is 4.79 Å². The Labute approximate surface area is 99.6 Å². The molecule has 4 heteroatoms. The van der Waals surface area contributed by atoms with Gasteiger partial charge in [0.1, 0.15) is 0 Å². The van der Waals surface area contributed by atoms with Crippen LogP contribution in [0, 0.1) is 11.3 Å². The van der Waals surface area contributed by atoms with Crippen molar-refractivity contribution in [2.45, 2.75) is 19.8 Å². The van der Waals surface area contributed by atoms with E-state index >= 15 is 0 Å². The van der Waals surface area contributed by atoms with E-state index in [-0.39, 0.29) is 0 Å². The van der Waals surface area contributed by atoms with Gasteiger partial charge in [0.15, 0.2) is 0 Å². The zero-order valence-corrected chi connectivity index (χ0v) is 9.75. The number of nitrogens with zero attached hydrogens (tertiary/aromatic N) is 1. The van der Waals surface area contributed by atoms with Crippen molar-refractivity contribution in [2.24, 2.45) is 0 Å². The molecule has 0 N–H and O–H groups in total. The van der Waals surface area contributed by atoms with Crippen LogP contribution in [0.1, 0.15) is 29.3 Å². The third kappa shape index (κ3) is 3.25. The molecule has 0 saturated heterocycles. The van der Waals surface area contributed by atoms with Crippen molar-refractivity contribution < 1.29 is 9.53 Å². The average Bonchev–Trinajstić information content (AvgIpc) is 2.27. The summed E-state index contributed by atoms with van der Waals surface area (Å²) in [6, 6.07) is 7.08. The molecule has 1 aromatic carbocycles. The van der Waals surface area contributed by atoms with Gasteiger partial charge >= 0.3 is 5.97 Å². The fourth-order valence-electron chi connectivity index (χ4n) is 1.36. The van der Waals surface area contributed by atoms with Gasteiger partial charge in [0.05, 0.1) is 18.2 Å². The quantitative estimate of drug-likeness (QED) is 0.757. The van der Waals surface area contributed by atoms with E-state index in [0.717, 1.165) is 5.56 Å². The molecule has 0 unspecified atom stereocenters. The molecular formula is C12H12ClNO2. The first kappa shape index (κ1) is 12.5. The Balaban J connectivity index is 2.98. The van der Waals surface area contributed by atoms with Gasteiger partial charge in [0.2, 0.25) is 0 Å². The Hall–Kier alpha value is -1.53. The lowest BCUT2D eigenvalue weighted by atomic mass is 10.0. The molecule has 0 fully saturated rings. The normalized spacial score (nSPS) is 9.56. The summed E-state index contributed by atoms with van der Waals surface area (Å²) in [7, 11) is 0. The van der Waals surface area contributed by atoms with E-state index in [0.29, 0.717) is 30.0 Å². The molecule has 0 radical (unpaired) electrons. The van der Waals surface area contributed by atoms with E-state index in [1.807, 2.05) is 6.07 Å². The lowest BCUT2D eigenvalue weighted by molar-refractivity contribution is 0.0525. The highest BCUT2D eigenvalue weighted by molar-refractivity contribution is 6.31. The molecule has 0 atom stereocenters. The molecule has 0 aliphatic heterocycles. The highest BCUT2D eigenvalue weighted by Gasteiger charge is 2.12. The van der Waals surface area contributed by atoms with Crippen LogP contribution in [0.5, 0.6) is 0 Å². The number of rotatable bonds is 4. The summed E-state index contributed by atoms with van der Waals surface area (Å²) in [5, 5.41) is 9.01. The molecule has 0 bridgehead atoms. The van der Waals surface area contributed by atoms with Crippen molar-refractivity contribution >= 4 is 17.6 Å². The van der Waals surface area contributed by atoms with E-state index in [4.69, 9.17) is 21.6 Å². The van der Waals surface area contributed by atoms with Crippen molar-refractivity contribution in [1.82, 2.24) is 0 Å². The summed E-state index contributed by atoms with van der Waals surface area (Å²) in [6.07, 6.45) is 0.899. The number of benzene rings is 1. The second-order valence-corrected chi connectivity index (χ2v) is 3.62. The Bertz CT molecular complexity index is 424. The summed E-state index contributed by atoms with van der Waals surface area (Å²) in [4.78, 5) is 11.6. The minimum Gasteiger partial charge on any atom is -0.462 e. The molecule has 0 amide bonds. The Morgan fingerprint density at radius 3 is 2.94 bits per heavy atom. The predicted octanol–water partition coefficient (Wildman–Crippen LogP) is 2.97. The van der Waals surface area contributed by atoms with Crippen molar-refractivity contribution in [3.63, 3.8) is 0 Å². The van der Waals surface area contributed by atoms with E-state index < -0.39 is 5.97 Å². The number of aryl methyl sites for hydroxylation is 1. The van der Waals surface area contributed by atoms with Gasteiger partial charge in [0, 0.05) is 11.4 Å².